The Balaban J connectivity index is 1.39. The van der Waals surface area contributed by atoms with E-state index in [1.54, 1.807) is 0 Å². The van der Waals surface area contributed by atoms with Crippen molar-refractivity contribution >= 4 is 138 Å². The summed E-state index contributed by atoms with van der Waals surface area (Å²) < 4.78 is 4.46. The lowest BCUT2D eigenvalue weighted by Gasteiger charge is -2.24. The number of imidazole rings is 1. The molecule has 0 saturated carbocycles. The SMILES string of the molecule is Bc1c(B)c(B)c(-c2ccc3c(-c4ccccc4-n4c(C(B)(O)O)nc5ccccc54)c4ccccc4c(-c4cccc5sc6ccccc6c45)c3c2)c(B)c1B. The number of rotatable bonds is 5. The van der Waals surface area contributed by atoms with Crippen LogP contribution in [0.2, 0.25) is 0 Å². The summed E-state index contributed by atoms with van der Waals surface area (Å²) in [6, 6.07) is 47.4. The summed E-state index contributed by atoms with van der Waals surface area (Å²) in [5.41, 5.74) is 13.7. The lowest BCUT2D eigenvalue weighted by molar-refractivity contribution is -0.0985. The van der Waals surface area contributed by atoms with Gasteiger partial charge in [0.2, 0.25) is 0 Å². The van der Waals surface area contributed by atoms with E-state index in [4.69, 9.17) is 4.98 Å². The number of hydrogen-bond acceptors (Lipinski definition) is 4. The normalized spacial score (nSPS) is 12.1. The number of benzene rings is 8. The van der Waals surface area contributed by atoms with E-state index in [1.165, 1.54) is 83.0 Å². The minimum Gasteiger partial charge on any atom is -0.367 e. The van der Waals surface area contributed by atoms with Gasteiger partial charge in [0.1, 0.15) is 39.2 Å². The molecule has 0 radical (unpaired) electrons. The molecule has 0 unspecified atom stereocenters. The third-order valence-corrected chi connectivity index (χ3v) is 13.5. The summed E-state index contributed by atoms with van der Waals surface area (Å²) in [6.07, 6.45) is 0. The average Bonchev–Trinajstić information content (AvgIpc) is 3.81. The predicted octanol–water partition coefficient (Wildman–Crippen LogP) is 1.72. The number of aliphatic hydroxyl groups is 2. The van der Waals surface area contributed by atoms with Crippen molar-refractivity contribution in [1.82, 2.24) is 9.55 Å². The Bertz CT molecular complexity index is 3280. The van der Waals surface area contributed by atoms with E-state index in [0.717, 1.165) is 38.5 Å². The first-order chi connectivity index (χ1) is 27.5. The predicted molar refractivity (Wildman–Crippen MR) is 261 cm³/mol. The Hall–Kier alpha value is -5.72. The van der Waals surface area contributed by atoms with Gasteiger partial charge in [-0.3, -0.25) is 4.57 Å². The van der Waals surface area contributed by atoms with Crippen molar-refractivity contribution in [3.8, 4) is 39.1 Å². The number of fused-ring (bicyclic) bond motifs is 6. The van der Waals surface area contributed by atoms with Crippen molar-refractivity contribution < 1.29 is 10.2 Å². The summed E-state index contributed by atoms with van der Waals surface area (Å²) in [7, 11) is 12.6. The van der Waals surface area contributed by atoms with Gasteiger partial charge in [0.15, 0.2) is 19.4 Å². The van der Waals surface area contributed by atoms with Crippen LogP contribution < -0.4 is 27.3 Å². The van der Waals surface area contributed by atoms with Gasteiger partial charge in [-0.1, -0.05) is 108 Å². The van der Waals surface area contributed by atoms with Gasteiger partial charge in [-0.2, -0.15) is 0 Å². The van der Waals surface area contributed by atoms with Crippen molar-refractivity contribution in [1.29, 1.82) is 0 Å². The van der Waals surface area contributed by atoms with E-state index in [0.29, 0.717) is 5.52 Å². The number of aromatic nitrogens is 2. The average molecular weight is 746 g/mol. The summed E-state index contributed by atoms with van der Waals surface area (Å²) >= 11 is 1.84. The summed E-state index contributed by atoms with van der Waals surface area (Å²) in [5.74, 6) is 0.163. The zero-order chi connectivity index (χ0) is 39.3. The maximum absolute atomic E-state index is 11.2. The van der Waals surface area contributed by atoms with Crippen molar-refractivity contribution in [2.75, 3.05) is 0 Å². The molecule has 2 N–H and O–H groups in total. The van der Waals surface area contributed by atoms with Crippen molar-refractivity contribution in [3.05, 3.63) is 139 Å². The molecular weight excluding hydrogens is 709 g/mol. The topological polar surface area (TPSA) is 58.3 Å². The molecule has 2 aromatic heterocycles. The molecule has 0 saturated heterocycles. The van der Waals surface area contributed by atoms with Gasteiger partial charge in [-0.05, 0) is 85.8 Å². The van der Waals surface area contributed by atoms with E-state index in [1.807, 2.05) is 46.2 Å². The van der Waals surface area contributed by atoms with E-state index >= 15 is 0 Å². The summed E-state index contributed by atoms with van der Waals surface area (Å²) in [4.78, 5) is 4.77. The van der Waals surface area contributed by atoms with Crippen LogP contribution in [-0.4, -0.2) is 66.8 Å². The molecule has 57 heavy (non-hydrogen) atoms. The highest BCUT2D eigenvalue weighted by Crippen LogP contribution is 2.49. The molecule has 0 aliphatic carbocycles. The first kappa shape index (κ1) is 35.7. The van der Waals surface area contributed by atoms with Crippen LogP contribution in [0.5, 0.6) is 0 Å². The van der Waals surface area contributed by atoms with Crippen LogP contribution in [0.25, 0.3) is 91.8 Å². The first-order valence-corrected chi connectivity index (χ1v) is 20.3. The molecule has 10 aromatic rings. The summed E-state index contributed by atoms with van der Waals surface area (Å²) in [5, 5.41) is 29.4. The molecular formula is C46H36B6N2O2S. The van der Waals surface area contributed by atoms with Gasteiger partial charge in [-0.25, -0.2) is 4.98 Å². The van der Waals surface area contributed by atoms with Gasteiger partial charge in [0.25, 0.3) is 0 Å². The Morgan fingerprint density at radius 1 is 0.509 bits per heavy atom. The zero-order valence-corrected chi connectivity index (χ0v) is 33.7. The third-order valence-electron chi connectivity index (χ3n) is 12.4. The van der Waals surface area contributed by atoms with Crippen molar-refractivity contribution in [3.63, 3.8) is 0 Å². The minimum absolute atomic E-state index is 0.163. The number of thiophene rings is 1. The fraction of sp³-hybridized carbons (Fsp3) is 0.0217. The molecule has 10 rings (SSSR count). The molecule has 0 aliphatic heterocycles. The second kappa shape index (κ2) is 13.2. The van der Waals surface area contributed by atoms with Crippen LogP contribution in [-0.2, 0) is 5.69 Å². The highest BCUT2D eigenvalue weighted by atomic mass is 32.1. The quantitative estimate of drug-likeness (QED) is 0.161. The molecule has 11 heteroatoms. The van der Waals surface area contributed by atoms with Crippen LogP contribution in [0.15, 0.2) is 133 Å². The van der Waals surface area contributed by atoms with Crippen LogP contribution in [0, 0.1) is 0 Å². The number of para-hydroxylation sites is 3. The third kappa shape index (κ3) is 5.40. The Labute approximate surface area is 340 Å². The molecule has 4 nitrogen and oxygen atoms in total. The van der Waals surface area contributed by atoms with Gasteiger partial charge >= 0.3 is 0 Å². The van der Waals surface area contributed by atoms with Crippen LogP contribution in [0.3, 0.4) is 0 Å². The fourth-order valence-electron chi connectivity index (χ4n) is 9.30. The second-order valence-corrected chi connectivity index (χ2v) is 16.7. The van der Waals surface area contributed by atoms with Gasteiger partial charge in [0, 0.05) is 25.7 Å². The molecule has 266 valence electrons. The highest BCUT2D eigenvalue weighted by Gasteiger charge is 2.30. The van der Waals surface area contributed by atoms with E-state index in [2.05, 4.69) is 142 Å². The van der Waals surface area contributed by atoms with E-state index < -0.39 is 5.69 Å². The van der Waals surface area contributed by atoms with Gasteiger partial charge in [0.05, 0.1) is 16.7 Å². The maximum Gasteiger partial charge on any atom is 0.188 e. The molecule has 0 bridgehead atoms. The first-order valence-electron chi connectivity index (χ1n) is 19.5. The summed E-state index contributed by atoms with van der Waals surface area (Å²) in [6.45, 7) is 0. The molecule has 8 aromatic carbocycles. The standard InChI is InChI=1S/C46H36B6N2O2S/c47-40-36(41(48)43(50)44(51)42(40)49)23-20-21-26-30(22-23)38(29-14-9-19-35-39(29)28-13-4-8-18-34(28)57-35)25-11-2-1-10-24(25)37(26)27-12-3-6-16-32(27)54-33-17-7-5-15-31(33)53-45(54)46(52,55)56/h1-22,55-56H,47-52H2. The Kier molecular flexibility index (Phi) is 8.24. The molecule has 2 heterocycles. The largest absolute Gasteiger partial charge is 0.367 e. The molecule has 0 fully saturated rings. The Morgan fingerprint density at radius 2 is 1.07 bits per heavy atom. The lowest BCUT2D eigenvalue weighted by atomic mass is 9.59. The van der Waals surface area contributed by atoms with Crippen LogP contribution in [0.1, 0.15) is 5.82 Å². The molecule has 0 spiro atoms. The molecule has 0 amide bonds. The molecule has 0 aliphatic rings. The van der Waals surface area contributed by atoms with Crippen LogP contribution in [0.4, 0.5) is 0 Å². The lowest BCUT2D eigenvalue weighted by Crippen LogP contribution is -2.55. The smallest absolute Gasteiger partial charge is 0.188 e. The van der Waals surface area contributed by atoms with Gasteiger partial charge < -0.3 is 10.2 Å². The minimum atomic E-state index is -2.18. The Morgan fingerprint density at radius 3 is 1.81 bits per heavy atom. The number of hydrogen-bond donors (Lipinski definition) is 2. The zero-order valence-electron chi connectivity index (χ0n) is 32.9. The van der Waals surface area contributed by atoms with Crippen LogP contribution >= 0.6 is 11.3 Å². The fourth-order valence-corrected chi connectivity index (χ4v) is 10.4. The van der Waals surface area contributed by atoms with Crippen molar-refractivity contribution in [2.45, 2.75) is 5.69 Å². The molecule has 0 atom stereocenters. The van der Waals surface area contributed by atoms with E-state index in [-0.39, 0.29) is 5.82 Å². The second-order valence-electron chi connectivity index (χ2n) is 15.6. The monoisotopic (exact) mass is 746 g/mol. The van der Waals surface area contributed by atoms with E-state index in [9.17, 15) is 10.2 Å². The highest BCUT2D eigenvalue weighted by molar-refractivity contribution is 7.26. The maximum atomic E-state index is 11.2. The van der Waals surface area contributed by atoms with Gasteiger partial charge in [-0.15, -0.1) is 27.7 Å². The number of nitrogens with zero attached hydrogens (tertiary/aromatic N) is 2. The van der Waals surface area contributed by atoms with Crippen molar-refractivity contribution in [2.24, 2.45) is 0 Å².